The Morgan fingerprint density at radius 3 is 2.72 bits per heavy atom. The minimum absolute atomic E-state index is 0.0372. The lowest BCUT2D eigenvalue weighted by atomic mass is 9.72. The molecule has 7 nitrogen and oxygen atoms in total. The molecule has 0 atom stereocenters. The summed E-state index contributed by atoms with van der Waals surface area (Å²) in [6, 6.07) is 0. The Bertz CT molecular complexity index is 409. The molecule has 1 amide bonds. The number of aromatic nitrogens is 4. The number of amides is 1. The van der Waals surface area contributed by atoms with Gasteiger partial charge in [0.1, 0.15) is 0 Å². The molecule has 100 valence electrons. The minimum Gasteiger partial charge on any atom is -0.330 e. The molecule has 3 N–H and O–H groups in total. The van der Waals surface area contributed by atoms with Crippen LogP contribution in [0.15, 0.2) is 0 Å². The number of rotatable bonds is 4. The maximum Gasteiger partial charge on any atom is 0.270 e. The van der Waals surface area contributed by atoms with Crippen molar-refractivity contribution in [3.05, 3.63) is 0 Å². The van der Waals surface area contributed by atoms with Gasteiger partial charge >= 0.3 is 0 Å². The molecule has 1 aromatic rings. The molecule has 0 saturated heterocycles. The van der Waals surface area contributed by atoms with Crippen molar-refractivity contribution in [2.24, 2.45) is 18.2 Å². The van der Waals surface area contributed by atoms with Crippen LogP contribution in [0.5, 0.6) is 0 Å². The van der Waals surface area contributed by atoms with Crippen molar-refractivity contribution >= 4 is 11.9 Å². The van der Waals surface area contributed by atoms with Crippen molar-refractivity contribution in [1.82, 2.24) is 20.2 Å². The number of carbonyl (C=O) groups is 1. The summed E-state index contributed by atoms with van der Waals surface area (Å²) < 4.78 is 0. The highest BCUT2D eigenvalue weighted by molar-refractivity contribution is 5.89. The molecule has 1 fully saturated rings. The maximum atomic E-state index is 12.0. The average molecular weight is 252 g/mol. The predicted octanol–water partition coefficient (Wildman–Crippen LogP) is 0.448. The molecular weight excluding hydrogens is 232 g/mol. The summed E-state index contributed by atoms with van der Waals surface area (Å²) >= 11 is 0. The lowest BCUT2D eigenvalue weighted by Gasteiger charge is -2.35. The van der Waals surface area contributed by atoms with E-state index in [2.05, 4.69) is 20.7 Å². The van der Waals surface area contributed by atoms with Gasteiger partial charge in [-0.25, -0.2) is 0 Å². The predicted molar refractivity (Wildman–Crippen MR) is 66.6 cm³/mol. The van der Waals surface area contributed by atoms with Crippen molar-refractivity contribution in [1.29, 1.82) is 0 Å². The van der Waals surface area contributed by atoms with Crippen LogP contribution in [0.4, 0.5) is 5.95 Å². The lowest BCUT2D eigenvalue weighted by molar-refractivity contribution is -0.118. The van der Waals surface area contributed by atoms with E-state index in [4.69, 9.17) is 5.73 Å². The second-order valence-corrected chi connectivity index (χ2v) is 5.09. The number of anilines is 1. The third-order valence-electron chi connectivity index (χ3n) is 3.64. The van der Waals surface area contributed by atoms with E-state index in [9.17, 15) is 4.79 Å². The number of tetrazole rings is 1. The minimum atomic E-state index is -0.0737. The Morgan fingerprint density at radius 1 is 1.44 bits per heavy atom. The zero-order valence-corrected chi connectivity index (χ0v) is 10.7. The van der Waals surface area contributed by atoms with Crippen molar-refractivity contribution in [2.75, 3.05) is 11.9 Å². The van der Waals surface area contributed by atoms with Gasteiger partial charge in [-0.1, -0.05) is 24.4 Å². The van der Waals surface area contributed by atoms with E-state index in [1.54, 1.807) is 7.05 Å². The van der Waals surface area contributed by atoms with Gasteiger partial charge in [0.15, 0.2) is 0 Å². The second-order valence-electron chi connectivity index (χ2n) is 5.09. The van der Waals surface area contributed by atoms with Crippen LogP contribution in [-0.2, 0) is 11.8 Å². The highest BCUT2D eigenvalue weighted by Crippen LogP contribution is 2.38. The third-order valence-corrected chi connectivity index (χ3v) is 3.64. The summed E-state index contributed by atoms with van der Waals surface area (Å²) in [5.74, 6) is 0.181. The molecule has 0 aromatic carbocycles. The Labute approximate surface area is 106 Å². The number of hydrogen-bond acceptors (Lipinski definition) is 5. The molecule has 0 spiro atoms. The van der Waals surface area contributed by atoms with Crippen LogP contribution in [0, 0.1) is 5.41 Å². The summed E-state index contributed by atoms with van der Waals surface area (Å²) in [5.41, 5.74) is 5.82. The zero-order valence-electron chi connectivity index (χ0n) is 10.7. The van der Waals surface area contributed by atoms with E-state index in [1.165, 1.54) is 11.2 Å². The second kappa shape index (κ2) is 5.43. The van der Waals surface area contributed by atoms with E-state index < -0.39 is 0 Å². The molecule has 0 radical (unpaired) electrons. The Balaban J connectivity index is 1.93. The van der Waals surface area contributed by atoms with Gasteiger partial charge in [-0.15, -0.1) is 5.10 Å². The fraction of sp³-hybridized carbons (Fsp3) is 0.818. The first-order valence-corrected chi connectivity index (χ1v) is 6.37. The Morgan fingerprint density at radius 2 is 2.17 bits per heavy atom. The lowest BCUT2D eigenvalue weighted by Crippen LogP contribution is -2.36. The molecule has 0 unspecified atom stereocenters. The number of hydrogen-bond donors (Lipinski definition) is 2. The molecule has 2 rings (SSSR count). The van der Waals surface area contributed by atoms with Gasteiger partial charge in [0.05, 0.1) is 7.05 Å². The normalized spacial score (nSPS) is 18.6. The SMILES string of the molecule is Cn1nnc(NC(=O)CC2(CN)CCCCC2)n1. The van der Waals surface area contributed by atoms with E-state index >= 15 is 0 Å². The largest absolute Gasteiger partial charge is 0.330 e. The van der Waals surface area contributed by atoms with Gasteiger partial charge in [0.25, 0.3) is 5.95 Å². The molecular formula is C11H20N6O. The molecule has 0 aliphatic heterocycles. The number of nitrogens with one attached hydrogen (secondary N) is 1. The van der Waals surface area contributed by atoms with Crippen LogP contribution in [-0.4, -0.2) is 32.7 Å². The third kappa shape index (κ3) is 3.04. The first kappa shape index (κ1) is 12.9. The van der Waals surface area contributed by atoms with Crippen molar-refractivity contribution < 1.29 is 4.79 Å². The summed E-state index contributed by atoms with van der Waals surface area (Å²) in [5, 5.41) is 14.0. The number of carbonyl (C=O) groups excluding carboxylic acids is 1. The van der Waals surface area contributed by atoms with Crippen LogP contribution in [0.25, 0.3) is 0 Å². The van der Waals surface area contributed by atoms with Gasteiger partial charge in [-0.05, 0) is 30.0 Å². The molecule has 18 heavy (non-hydrogen) atoms. The van der Waals surface area contributed by atoms with Crippen LogP contribution < -0.4 is 11.1 Å². The molecule has 0 bridgehead atoms. The van der Waals surface area contributed by atoms with Gasteiger partial charge in [0.2, 0.25) is 5.91 Å². The smallest absolute Gasteiger partial charge is 0.270 e. The Hall–Kier alpha value is -1.50. The van der Waals surface area contributed by atoms with E-state index in [0.29, 0.717) is 13.0 Å². The summed E-state index contributed by atoms with van der Waals surface area (Å²) in [7, 11) is 1.66. The standard InChI is InChI=1S/C11H20N6O/c1-17-15-10(14-16-17)13-9(18)7-11(8-12)5-3-2-4-6-11/h2-8,12H2,1H3,(H,13,15,18). The first-order chi connectivity index (χ1) is 8.63. The zero-order chi connectivity index (χ0) is 13.0. The van der Waals surface area contributed by atoms with Gasteiger partial charge in [-0.3, -0.25) is 10.1 Å². The van der Waals surface area contributed by atoms with Gasteiger partial charge in [-0.2, -0.15) is 4.80 Å². The quantitative estimate of drug-likeness (QED) is 0.810. The Kier molecular flexibility index (Phi) is 3.90. The molecule has 1 heterocycles. The number of aryl methyl sites for hydroxylation is 1. The highest BCUT2D eigenvalue weighted by Gasteiger charge is 2.33. The fourth-order valence-corrected chi connectivity index (χ4v) is 2.60. The monoisotopic (exact) mass is 252 g/mol. The van der Waals surface area contributed by atoms with Gasteiger partial charge < -0.3 is 5.73 Å². The maximum absolute atomic E-state index is 12.0. The molecule has 1 aliphatic rings. The summed E-state index contributed by atoms with van der Waals surface area (Å²) in [6.07, 6.45) is 6.08. The molecule has 1 saturated carbocycles. The molecule has 1 aromatic heterocycles. The fourth-order valence-electron chi connectivity index (χ4n) is 2.60. The van der Waals surface area contributed by atoms with Crippen LogP contribution in [0.1, 0.15) is 38.5 Å². The molecule has 7 heteroatoms. The van der Waals surface area contributed by atoms with E-state index in [1.807, 2.05) is 0 Å². The van der Waals surface area contributed by atoms with E-state index in [-0.39, 0.29) is 17.3 Å². The van der Waals surface area contributed by atoms with Crippen molar-refractivity contribution in [2.45, 2.75) is 38.5 Å². The summed E-state index contributed by atoms with van der Waals surface area (Å²) in [6.45, 7) is 0.564. The van der Waals surface area contributed by atoms with Crippen molar-refractivity contribution in [3.8, 4) is 0 Å². The van der Waals surface area contributed by atoms with Crippen molar-refractivity contribution in [3.63, 3.8) is 0 Å². The number of nitrogens with two attached hydrogens (primary N) is 1. The summed E-state index contributed by atoms with van der Waals surface area (Å²) in [4.78, 5) is 13.3. The molecule has 1 aliphatic carbocycles. The van der Waals surface area contributed by atoms with Gasteiger partial charge in [0, 0.05) is 6.42 Å². The van der Waals surface area contributed by atoms with Crippen LogP contribution in [0.2, 0.25) is 0 Å². The van der Waals surface area contributed by atoms with Crippen LogP contribution >= 0.6 is 0 Å². The topological polar surface area (TPSA) is 98.7 Å². The number of nitrogens with zero attached hydrogens (tertiary/aromatic N) is 4. The highest BCUT2D eigenvalue weighted by atomic mass is 16.1. The van der Waals surface area contributed by atoms with E-state index in [0.717, 1.165) is 25.7 Å². The average Bonchev–Trinajstić information content (AvgIpc) is 2.75. The van der Waals surface area contributed by atoms with Crippen LogP contribution in [0.3, 0.4) is 0 Å². The first-order valence-electron chi connectivity index (χ1n) is 6.37.